The standard InChI is InChI=1S/C17H26N2O4S/c1-5-10-24(21,22)19-8-6-18(7-9-19)17(20)15-11-13(2)14(3)12-16(15)23-4/h11-12H,5-10H2,1-4H3. The van der Waals surface area contributed by atoms with E-state index in [-0.39, 0.29) is 11.7 Å². The SMILES string of the molecule is CCCS(=O)(=O)N1CCN(C(=O)c2cc(C)c(C)cc2OC)CC1. The van der Waals surface area contributed by atoms with Gasteiger partial charge in [-0.3, -0.25) is 4.79 Å². The van der Waals surface area contributed by atoms with E-state index in [0.717, 1.165) is 11.1 Å². The van der Waals surface area contributed by atoms with Gasteiger partial charge in [-0.2, -0.15) is 4.31 Å². The molecule has 1 fully saturated rings. The molecule has 2 rings (SSSR count). The van der Waals surface area contributed by atoms with Crippen molar-refractivity contribution in [2.24, 2.45) is 0 Å². The number of hydrogen-bond donors (Lipinski definition) is 0. The first-order valence-electron chi connectivity index (χ1n) is 8.22. The maximum atomic E-state index is 12.8. The number of aryl methyl sites for hydroxylation is 2. The molecule has 1 aromatic carbocycles. The normalized spacial score (nSPS) is 16.2. The molecule has 24 heavy (non-hydrogen) atoms. The minimum atomic E-state index is -3.20. The van der Waals surface area contributed by atoms with E-state index >= 15 is 0 Å². The maximum Gasteiger partial charge on any atom is 0.257 e. The number of piperazine rings is 1. The summed E-state index contributed by atoms with van der Waals surface area (Å²) in [4.78, 5) is 14.5. The lowest BCUT2D eigenvalue weighted by Crippen LogP contribution is -2.51. The van der Waals surface area contributed by atoms with E-state index in [1.165, 1.54) is 4.31 Å². The average Bonchev–Trinajstić information content (AvgIpc) is 2.56. The Morgan fingerprint density at radius 3 is 2.25 bits per heavy atom. The van der Waals surface area contributed by atoms with E-state index in [1.807, 2.05) is 32.9 Å². The number of sulfonamides is 1. The van der Waals surface area contributed by atoms with E-state index in [1.54, 1.807) is 12.0 Å². The molecular formula is C17H26N2O4S. The van der Waals surface area contributed by atoms with Crippen molar-refractivity contribution in [1.82, 2.24) is 9.21 Å². The van der Waals surface area contributed by atoms with Crippen molar-refractivity contribution in [3.63, 3.8) is 0 Å². The zero-order valence-corrected chi connectivity index (χ0v) is 15.6. The summed E-state index contributed by atoms with van der Waals surface area (Å²) in [6, 6.07) is 3.71. The van der Waals surface area contributed by atoms with Crippen LogP contribution >= 0.6 is 0 Å². The zero-order chi connectivity index (χ0) is 17.9. The molecule has 134 valence electrons. The van der Waals surface area contributed by atoms with Gasteiger partial charge in [0.15, 0.2) is 0 Å². The Kier molecular flexibility index (Phi) is 5.87. The van der Waals surface area contributed by atoms with E-state index < -0.39 is 10.0 Å². The highest BCUT2D eigenvalue weighted by Crippen LogP contribution is 2.25. The number of carbonyl (C=O) groups excluding carboxylic acids is 1. The Labute approximate surface area is 144 Å². The van der Waals surface area contributed by atoms with Gasteiger partial charge in [0.05, 0.1) is 18.4 Å². The summed E-state index contributed by atoms with van der Waals surface area (Å²) < 4.78 is 31.1. The molecule has 0 aliphatic carbocycles. The minimum Gasteiger partial charge on any atom is -0.496 e. The fraction of sp³-hybridized carbons (Fsp3) is 0.588. The van der Waals surface area contributed by atoms with Crippen LogP contribution in [0.25, 0.3) is 0 Å². The van der Waals surface area contributed by atoms with Crippen LogP contribution in [0, 0.1) is 13.8 Å². The third-order valence-electron chi connectivity index (χ3n) is 4.43. The monoisotopic (exact) mass is 354 g/mol. The molecule has 6 nitrogen and oxygen atoms in total. The van der Waals surface area contributed by atoms with Crippen molar-refractivity contribution in [2.45, 2.75) is 27.2 Å². The second-order valence-corrected chi connectivity index (χ2v) is 8.23. The average molecular weight is 354 g/mol. The van der Waals surface area contributed by atoms with Crippen LogP contribution in [-0.2, 0) is 10.0 Å². The van der Waals surface area contributed by atoms with Crippen molar-refractivity contribution >= 4 is 15.9 Å². The number of amides is 1. The summed E-state index contributed by atoms with van der Waals surface area (Å²) in [6.45, 7) is 7.28. The summed E-state index contributed by atoms with van der Waals surface area (Å²) in [6.07, 6.45) is 0.599. The first-order valence-corrected chi connectivity index (χ1v) is 9.83. The number of carbonyl (C=O) groups is 1. The molecule has 0 radical (unpaired) electrons. The Balaban J connectivity index is 2.13. The number of benzene rings is 1. The summed E-state index contributed by atoms with van der Waals surface area (Å²) >= 11 is 0. The fourth-order valence-corrected chi connectivity index (χ4v) is 4.35. The van der Waals surface area contributed by atoms with Crippen LogP contribution in [0.1, 0.15) is 34.8 Å². The third-order valence-corrected chi connectivity index (χ3v) is 6.50. The van der Waals surface area contributed by atoms with Gasteiger partial charge in [-0.05, 0) is 43.5 Å². The van der Waals surface area contributed by atoms with E-state index in [4.69, 9.17) is 4.74 Å². The molecule has 0 bridgehead atoms. The summed E-state index contributed by atoms with van der Waals surface area (Å²) in [5.74, 6) is 0.609. The van der Waals surface area contributed by atoms with Gasteiger partial charge < -0.3 is 9.64 Å². The van der Waals surface area contributed by atoms with Crippen LogP contribution in [-0.4, -0.2) is 62.6 Å². The maximum absolute atomic E-state index is 12.8. The third kappa shape index (κ3) is 3.89. The van der Waals surface area contributed by atoms with E-state index in [2.05, 4.69) is 0 Å². The Morgan fingerprint density at radius 2 is 1.71 bits per heavy atom. The molecule has 0 spiro atoms. The molecular weight excluding hydrogens is 328 g/mol. The lowest BCUT2D eigenvalue weighted by Gasteiger charge is -2.34. The minimum absolute atomic E-state index is 0.109. The van der Waals surface area contributed by atoms with Crippen LogP contribution in [0.15, 0.2) is 12.1 Å². The zero-order valence-electron chi connectivity index (χ0n) is 14.8. The van der Waals surface area contributed by atoms with Gasteiger partial charge in [0.25, 0.3) is 5.91 Å². The van der Waals surface area contributed by atoms with Crippen LogP contribution in [0.3, 0.4) is 0 Å². The van der Waals surface area contributed by atoms with Crippen molar-refractivity contribution < 1.29 is 17.9 Å². The topological polar surface area (TPSA) is 66.9 Å². The quantitative estimate of drug-likeness (QED) is 0.809. The highest BCUT2D eigenvalue weighted by molar-refractivity contribution is 7.89. The van der Waals surface area contributed by atoms with Crippen LogP contribution < -0.4 is 4.74 Å². The van der Waals surface area contributed by atoms with E-state index in [0.29, 0.717) is 43.9 Å². The van der Waals surface area contributed by atoms with Gasteiger partial charge in [0, 0.05) is 26.2 Å². The molecule has 0 unspecified atom stereocenters. The number of hydrogen-bond acceptors (Lipinski definition) is 4. The predicted octanol–water partition coefficient (Wildman–Crippen LogP) is 1.81. The highest BCUT2D eigenvalue weighted by atomic mass is 32.2. The number of methoxy groups -OCH3 is 1. The Hall–Kier alpha value is -1.60. The lowest BCUT2D eigenvalue weighted by atomic mass is 10.0. The molecule has 1 aromatic rings. The van der Waals surface area contributed by atoms with Gasteiger partial charge in [-0.1, -0.05) is 6.92 Å². The Bertz CT molecular complexity index is 708. The van der Waals surface area contributed by atoms with Crippen molar-refractivity contribution in [1.29, 1.82) is 0 Å². The van der Waals surface area contributed by atoms with Crippen LogP contribution in [0.4, 0.5) is 0 Å². The van der Waals surface area contributed by atoms with Crippen molar-refractivity contribution in [2.75, 3.05) is 39.0 Å². The molecule has 1 aliphatic heterocycles. The second kappa shape index (κ2) is 7.53. The van der Waals surface area contributed by atoms with Crippen LogP contribution in [0.5, 0.6) is 5.75 Å². The molecule has 0 N–H and O–H groups in total. The molecule has 1 aliphatic rings. The molecule has 0 saturated carbocycles. The summed E-state index contributed by atoms with van der Waals surface area (Å²) in [7, 11) is -1.65. The smallest absolute Gasteiger partial charge is 0.257 e. The second-order valence-electron chi connectivity index (χ2n) is 6.14. The van der Waals surface area contributed by atoms with Gasteiger partial charge in [0.1, 0.15) is 5.75 Å². The van der Waals surface area contributed by atoms with Gasteiger partial charge in [0.2, 0.25) is 10.0 Å². The highest BCUT2D eigenvalue weighted by Gasteiger charge is 2.29. The Morgan fingerprint density at radius 1 is 1.12 bits per heavy atom. The fourth-order valence-electron chi connectivity index (χ4n) is 2.85. The molecule has 1 amide bonds. The van der Waals surface area contributed by atoms with Crippen LogP contribution in [0.2, 0.25) is 0 Å². The summed E-state index contributed by atoms with van der Waals surface area (Å²) in [5, 5.41) is 0. The predicted molar refractivity (Wildman–Crippen MR) is 94.0 cm³/mol. The molecule has 1 saturated heterocycles. The van der Waals surface area contributed by atoms with Crippen molar-refractivity contribution in [3.8, 4) is 5.75 Å². The van der Waals surface area contributed by atoms with Gasteiger partial charge in [-0.25, -0.2) is 8.42 Å². The van der Waals surface area contributed by atoms with E-state index in [9.17, 15) is 13.2 Å². The number of ether oxygens (including phenoxy) is 1. The summed E-state index contributed by atoms with van der Waals surface area (Å²) in [5.41, 5.74) is 2.63. The molecule has 0 atom stereocenters. The number of nitrogens with zero attached hydrogens (tertiary/aromatic N) is 2. The lowest BCUT2D eigenvalue weighted by molar-refractivity contribution is 0.0694. The first kappa shape index (κ1) is 18.7. The van der Waals surface area contributed by atoms with Gasteiger partial charge >= 0.3 is 0 Å². The van der Waals surface area contributed by atoms with Gasteiger partial charge in [-0.15, -0.1) is 0 Å². The molecule has 7 heteroatoms. The number of rotatable bonds is 5. The largest absolute Gasteiger partial charge is 0.496 e. The molecule has 1 heterocycles. The van der Waals surface area contributed by atoms with Crippen molar-refractivity contribution in [3.05, 3.63) is 28.8 Å². The molecule has 0 aromatic heterocycles. The first-order chi connectivity index (χ1) is 11.3.